The number of aliphatic hydroxyl groups excluding tert-OH is 2. The molecule has 2 aromatic carbocycles. The number of benzene rings is 2. The maximum absolute atomic E-state index is 14.1. The first-order valence-corrected chi connectivity index (χ1v) is 15.0. The van der Waals surface area contributed by atoms with E-state index in [4.69, 9.17) is 5.14 Å². The van der Waals surface area contributed by atoms with E-state index in [0.717, 1.165) is 0 Å². The Morgan fingerprint density at radius 1 is 1.07 bits per heavy atom. The van der Waals surface area contributed by atoms with Crippen molar-refractivity contribution in [1.29, 1.82) is 0 Å². The number of primary sulfonamides is 1. The number of nitrogens with one attached hydrogen (secondary N) is 2. The minimum Gasteiger partial charge on any atom is -0.508 e. The van der Waals surface area contributed by atoms with Crippen LogP contribution in [-0.2, 0) is 30.0 Å². The molecule has 0 radical (unpaired) electrons. The SMILES string of the molecule is CN(C)C1C(=O)C(C(=O)NCNc2ccc(S(N)(=O)=O)cc2)=C(O)C2(O)C(=O)C3=C(O)c4c(O)cccc4C(C)(O)C3CC12. The van der Waals surface area contributed by atoms with Crippen LogP contribution in [0.1, 0.15) is 24.5 Å². The van der Waals surface area contributed by atoms with Crippen molar-refractivity contribution in [2.24, 2.45) is 17.0 Å². The lowest BCUT2D eigenvalue weighted by atomic mass is 9.54. The van der Waals surface area contributed by atoms with Crippen molar-refractivity contribution in [2.45, 2.75) is 35.5 Å². The minimum absolute atomic E-state index is 0.133. The predicted octanol–water partition coefficient (Wildman–Crippen LogP) is -0.0231. The van der Waals surface area contributed by atoms with E-state index in [1.807, 2.05) is 0 Å². The Kier molecular flexibility index (Phi) is 7.38. The number of nitrogens with zero attached hydrogens (tertiary/aromatic N) is 1. The summed E-state index contributed by atoms with van der Waals surface area (Å²) in [5.41, 5.74) is -5.69. The summed E-state index contributed by atoms with van der Waals surface area (Å²) in [6, 6.07) is 8.13. The van der Waals surface area contributed by atoms with Gasteiger partial charge in [-0.2, -0.15) is 0 Å². The Morgan fingerprint density at radius 2 is 1.70 bits per heavy atom. The van der Waals surface area contributed by atoms with E-state index < -0.39 is 85.0 Å². The second-order valence-electron chi connectivity index (χ2n) is 11.5. The zero-order chi connectivity index (χ0) is 32.5. The first kappa shape index (κ1) is 31.2. The van der Waals surface area contributed by atoms with Gasteiger partial charge in [0.05, 0.1) is 28.8 Å². The number of phenolic OH excluding ortho intramolecular Hbond substituents is 1. The van der Waals surface area contributed by atoms with E-state index >= 15 is 0 Å². The molecule has 0 heterocycles. The van der Waals surface area contributed by atoms with Crippen molar-refractivity contribution in [1.82, 2.24) is 10.2 Å². The number of hydrogen-bond donors (Lipinski definition) is 8. The van der Waals surface area contributed by atoms with E-state index in [1.165, 1.54) is 68.4 Å². The van der Waals surface area contributed by atoms with Gasteiger partial charge in [-0.15, -0.1) is 0 Å². The van der Waals surface area contributed by atoms with E-state index in [0.29, 0.717) is 5.69 Å². The van der Waals surface area contributed by atoms with Crippen LogP contribution >= 0.6 is 0 Å². The predicted molar refractivity (Wildman–Crippen MR) is 155 cm³/mol. The largest absolute Gasteiger partial charge is 0.508 e. The highest BCUT2D eigenvalue weighted by atomic mass is 32.2. The number of nitrogens with two attached hydrogens (primary N) is 1. The quantitative estimate of drug-likeness (QED) is 0.156. The molecule has 3 aliphatic carbocycles. The molecular formula is C29H32N4O10S. The third-order valence-corrected chi connectivity index (χ3v) is 9.65. The Balaban J connectivity index is 1.52. The first-order chi connectivity index (χ1) is 20.4. The van der Waals surface area contributed by atoms with Crippen molar-refractivity contribution in [3.05, 3.63) is 70.5 Å². The number of Topliss-reactive ketones (excluding diaryl/α,β-unsaturated/α-hetero) is 2. The fourth-order valence-corrected chi connectivity index (χ4v) is 7.08. The molecule has 0 saturated heterocycles. The molecule has 2 aromatic rings. The summed E-state index contributed by atoms with van der Waals surface area (Å²) in [7, 11) is -0.930. The van der Waals surface area contributed by atoms with Gasteiger partial charge in [0.1, 0.15) is 22.8 Å². The molecule has 234 valence electrons. The van der Waals surface area contributed by atoms with E-state index in [-0.39, 0.29) is 29.1 Å². The van der Waals surface area contributed by atoms with Crippen molar-refractivity contribution in [3.63, 3.8) is 0 Å². The van der Waals surface area contributed by atoms with Gasteiger partial charge in [0.15, 0.2) is 11.4 Å². The lowest BCUT2D eigenvalue weighted by Crippen LogP contribution is -2.67. The first-order valence-electron chi connectivity index (χ1n) is 13.5. The smallest absolute Gasteiger partial charge is 0.259 e. The average Bonchev–Trinajstić information content (AvgIpc) is 2.93. The third kappa shape index (κ3) is 4.55. The molecule has 5 atom stereocenters. The molecule has 1 saturated carbocycles. The number of aromatic hydroxyl groups is 1. The van der Waals surface area contributed by atoms with Crippen LogP contribution in [0.2, 0.25) is 0 Å². The van der Waals surface area contributed by atoms with Gasteiger partial charge in [-0.25, -0.2) is 13.6 Å². The van der Waals surface area contributed by atoms with Crippen LogP contribution in [0.5, 0.6) is 5.75 Å². The number of anilines is 1. The Hall–Kier alpha value is -4.28. The molecule has 0 aromatic heterocycles. The zero-order valence-electron chi connectivity index (χ0n) is 23.9. The second kappa shape index (κ2) is 10.4. The number of phenols is 1. The van der Waals surface area contributed by atoms with Crippen molar-refractivity contribution >= 4 is 38.9 Å². The molecule has 1 amide bonds. The van der Waals surface area contributed by atoms with Crippen molar-refractivity contribution < 1.29 is 48.3 Å². The number of rotatable bonds is 6. The molecule has 0 spiro atoms. The van der Waals surface area contributed by atoms with Crippen LogP contribution < -0.4 is 15.8 Å². The maximum Gasteiger partial charge on any atom is 0.259 e. The van der Waals surface area contributed by atoms with Crippen LogP contribution in [0.3, 0.4) is 0 Å². The van der Waals surface area contributed by atoms with Gasteiger partial charge in [0, 0.05) is 23.1 Å². The Labute approximate surface area is 252 Å². The molecule has 5 rings (SSSR count). The number of fused-ring (bicyclic) bond motifs is 3. The van der Waals surface area contributed by atoms with Gasteiger partial charge < -0.3 is 36.2 Å². The van der Waals surface area contributed by atoms with Gasteiger partial charge >= 0.3 is 0 Å². The highest BCUT2D eigenvalue weighted by Gasteiger charge is 2.66. The van der Waals surface area contributed by atoms with E-state index in [9.17, 15) is 48.3 Å². The number of aliphatic hydroxyl groups is 4. The third-order valence-electron chi connectivity index (χ3n) is 8.73. The summed E-state index contributed by atoms with van der Waals surface area (Å²) in [6.07, 6.45) is -0.257. The molecule has 0 aliphatic heterocycles. The highest BCUT2D eigenvalue weighted by Crippen LogP contribution is 2.57. The number of ketones is 2. The van der Waals surface area contributed by atoms with Crippen LogP contribution in [0.25, 0.3) is 5.76 Å². The number of carbonyl (C=O) groups is 3. The summed E-state index contributed by atoms with van der Waals surface area (Å²) in [4.78, 5) is 42.4. The molecule has 1 fully saturated rings. The van der Waals surface area contributed by atoms with Gasteiger partial charge in [0.2, 0.25) is 15.8 Å². The van der Waals surface area contributed by atoms with Crippen LogP contribution in [0, 0.1) is 11.8 Å². The second-order valence-corrected chi connectivity index (χ2v) is 13.1. The summed E-state index contributed by atoms with van der Waals surface area (Å²) in [5.74, 6) is -8.02. The standard InChI is InChI=1S/C29H32N4O10S/c1-28(40)15-5-4-6-18(34)19(15)23(35)20-16(28)11-17-22(33(2)3)24(36)21(26(38)29(17,41)25(20)37)27(39)32-12-31-13-7-9-14(10-8-13)44(30,42)43/h4-10,16-17,22,31,34-35,38,40-41H,11-12H2,1-3H3,(H,32,39)(H2,30,42,43). The van der Waals surface area contributed by atoms with E-state index in [2.05, 4.69) is 10.6 Å². The Morgan fingerprint density at radius 3 is 2.30 bits per heavy atom. The summed E-state index contributed by atoms with van der Waals surface area (Å²) in [5, 5.41) is 66.8. The normalized spacial score (nSPS) is 28.4. The molecule has 15 heteroatoms. The molecule has 5 unspecified atom stereocenters. The molecule has 14 nitrogen and oxygen atoms in total. The lowest BCUT2D eigenvalue weighted by Gasteiger charge is -2.53. The number of carbonyl (C=O) groups excluding carboxylic acids is 3. The summed E-state index contributed by atoms with van der Waals surface area (Å²) < 4.78 is 22.9. The van der Waals surface area contributed by atoms with Gasteiger partial charge in [-0.05, 0) is 63.3 Å². The lowest BCUT2D eigenvalue weighted by molar-refractivity contribution is -0.159. The fraction of sp³-hybridized carbons (Fsp3) is 0.345. The van der Waals surface area contributed by atoms with Crippen LogP contribution in [-0.4, -0.2) is 88.7 Å². The summed E-state index contributed by atoms with van der Waals surface area (Å²) >= 11 is 0. The van der Waals surface area contributed by atoms with Crippen LogP contribution in [0.4, 0.5) is 5.69 Å². The van der Waals surface area contributed by atoms with Gasteiger partial charge in [-0.3, -0.25) is 19.3 Å². The highest BCUT2D eigenvalue weighted by molar-refractivity contribution is 7.89. The monoisotopic (exact) mass is 628 g/mol. The van der Waals surface area contributed by atoms with Crippen LogP contribution in [0.15, 0.2) is 64.3 Å². The average molecular weight is 629 g/mol. The van der Waals surface area contributed by atoms with Crippen molar-refractivity contribution in [2.75, 3.05) is 26.1 Å². The number of sulfonamides is 1. The van der Waals surface area contributed by atoms with Crippen molar-refractivity contribution in [3.8, 4) is 5.75 Å². The minimum atomic E-state index is -3.92. The maximum atomic E-state index is 14.1. The van der Waals surface area contributed by atoms with E-state index in [1.54, 1.807) is 0 Å². The number of likely N-dealkylation sites (N-methyl/N-ethyl adjacent to an activating group) is 1. The number of amides is 1. The number of hydrogen-bond acceptors (Lipinski definition) is 12. The topological polar surface area (TPSA) is 240 Å². The fourth-order valence-electron chi connectivity index (χ4n) is 6.56. The molecule has 9 N–H and O–H groups in total. The molecule has 44 heavy (non-hydrogen) atoms. The zero-order valence-corrected chi connectivity index (χ0v) is 24.7. The molecule has 0 bridgehead atoms. The molecule has 3 aliphatic rings. The Bertz CT molecular complexity index is 1760. The van der Waals surface area contributed by atoms with Gasteiger partial charge in [0.25, 0.3) is 5.91 Å². The van der Waals surface area contributed by atoms with Gasteiger partial charge in [-0.1, -0.05) is 12.1 Å². The molecular weight excluding hydrogens is 596 g/mol. The summed E-state index contributed by atoms with van der Waals surface area (Å²) in [6.45, 7) is 1.08.